The molecule has 3 aromatic carbocycles. The van der Waals surface area contributed by atoms with Gasteiger partial charge in [-0.1, -0.05) is 42.5 Å². The number of nitrogen functional groups attached to an aromatic ring is 1. The Morgan fingerprint density at radius 1 is 1.03 bits per heavy atom. The highest BCUT2D eigenvalue weighted by molar-refractivity contribution is 7.98. The molecule has 0 saturated carbocycles. The number of fused-ring (bicyclic) bond motifs is 1. The van der Waals surface area contributed by atoms with Crippen LogP contribution in [-0.4, -0.2) is 60.9 Å². The summed E-state index contributed by atoms with van der Waals surface area (Å²) in [6.07, 6.45) is 3.40. The maximum absolute atomic E-state index is 8.91. The van der Waals surface area contributed by atoms with Gasteiger partial charge < -0.3 is 30.2 Å². The average Bonchev–Trinajstić information content (AvgIpc) is 3.51. The van der Waals surface area contributed by atoms with Crippen molar-refractivity contribution >= 4 is 17.6 Å². The number of ether oxygens (including phenoxy) is 3. The Hall–Kier alpha value is -3.04. The second-order valence-corrected chi connectivity index (χ2v) is 8.69. The molecule has 2 fully saturated rings. The van der Waals surface area contributed by atoms with Crippen LogP contribution in [0.5, 0.6) is 11.5 Å². The number of phenols is 1. The van der Waals surface area contributed by atoms with Crippen molar-refractivity contribution in [3.63, 3.8) is 0 Å². The number of nitrogens with one attached hydrogen (secondary N) is 1. The molecule has 8 heteroatoms. The molecule has 186 valence electrons. The van der Waals surface area contributed by atoms with Crippen LogP contribution in [0.25, 0.3) is 11.1 Å². The lowest BCUT2D eigenvalue weighted by Gasteiger charge is -2.18. The third-order valence-electron chi connectivity index (χ3n) is 5.64. The summed E-state index contributed by atoms with van der Waals surface area (Å²) in [5, 5.41) is 22.9. The first-order valence-electron chi connectivity index (χ1n) is 11.3. The fourth-order valence-electron chi connectivity index (χ4n) is 3.98. The molecule has 0 amide bonds. The van der Waals surface area contributed by atoms with Gasteiger partial charge in [-0.15, -0.1) is 11.8 Å². The molecule has 2 aliphatic rings. The molecular formula is C27H32N2O5S. The number of aromatic hydroxyl groups is 1. The minimum Gasteiger partial charge on any atom is -0.508 e. The van der Waals surface area contributed by atoms with E-state index in [4.69, 9.17) is 35.6 Å². The SMILES string of the molecule is CO.CSc1ccccc1-c1ccc(OC2COC3CCOC32)cc1.N=C(N)c1cccc(O)c1. The smallest absolute Gasteiger partial charge is 0.150 e. The lowest BCUT2D eigenvalue weighted by atomic mass is 10.1. The Balaban J connectivity index is 0.000000240. The number of aliphatic hydroxyl groups excluding tert-OH is 1. The molecule has 3 aromatic rings. The molecule has 0 aromatic heterocycles. The number of benzene rings is 3. The number of aliphatic hydroxyl groups is 1. The van der Waals surface area contributed by atoms with Gasteiger partial charge >= 0.3 is 0 Å². The van der Waals surface area contributed by atoms with E-state index in [1.54, 1.807) is 23.9 Å². The van der Waals surface area contributed by atoms with Crippen molar-refractivity contribution in [1.82, 2.24) is 0 Å². The summed E-state index contributed by atoms with van der Waals surface area (Å²) in [5.41, 5.74) is 8.16. The largest absolute Gasteiger partial charge is 0.508 e. The van der Waals surface area contributed by atoms with Crippen molar-refractivity contribution in [3.8, 4) is 22.6 Å². The monoisotopic (exact) mass is 496 g/mol. The van der Waals surface area contributed by atoms with E-state index in [2.05, 4.69) is 42.7 Å². The van der Waals surface area contributed by atoms with Gasteiger partial charge in [0.15, 0.2) is 6.10 Å². The molecule has 0 aliphatic carbocycles. The van der Waals surface area contributed by atoms with Crippen LogP contribution in [0.2, 0.25) is 0 Å². The van der Waals surface area contributed by atoms with Crippen LogP contribution in [0.1, 0.15) is 12.0 Å². The Labute approximate surface area is 210 Å². The van der Waals surface area contributed by atoms with Crippen molar-refractivity contribution in [2.24, 2.45) is 5.73 Å². The molecule has 2 aliphatic heterocycles. The van der Waals surface area contributed by atoms with Crippen LogP contribution in [-0.2, 0) is 9.47 Å². The molecule has 35 heavy (non-hydrogen) atoms. The number of hydrogen-bond donors (Lipinski definition) is 4. The van der Waals surface area contributed by atoms with E-state index in [9.17, 15) is 0 Å². The minimum absolute atomic E-state index is 0.00633. The molecule has 3 atom stereocenters. The number of thioether (sulfide) groups is 1. The van der Waals surface area contributed by atoms with Crippen molar-refractivity contribution in [3.05, 3.63) is 78.4 Å². The van der Waals surface area contributed by atoms with Crippen LogP contribution in [0, 0.1) is 5.41 Å². The summed E-state index contributed by atoms with van der Waals surface area (Å²) < 4.78 is 17.5. The van der Waals surface area contributed by atoms with Gasteiger partial charge in [-0.2, -0.15) is 0 Å². The fraction of sp³-hybridized carbons (Fsp3) is 0.296. The van der Waals surface area contributed by atoms with Gasteiger partial charge in [-0.05, 0) is 54.1 Å². The molecule has 0 spiro atoms. The number of nitrogens with two attached hydrogens (primary N) is 1. The van der Waals surface area contributed by atoms with Crippen molar-refractivity contribution < 1.29 is 24.4 Å². The lowest BCUT2D eigenvalue weighted by molar-refractivity contribution is 0.0308. The molecular weight excluding hydrogens is 464 g/mol. The molecule has 2 saturated heterocycles. The number of amidine groups is 1. The highest BCUT2D eigenvalue weighted by atomic mass is 32.2. The molecule has 7 nitrogen and oxygen atoms in total. The molecule has 0 bridgehead atoms. The molecule has 2 heterocycles. The molecule has 5 N–H and O–H groups in total. The van der Waals surface area contributed by atoms with E-state index in [0.717, 1.165) is 25.9 Å². The highest BCUT2D eigenvalue weighted by Gasteiger charge is 2.43. The zero-order valence-corrected chi connectivity index (χ0v) is 20.7. The topological polar surface area (TPSA) is 118 Å². The van der Waals surface area contributed by atoms with Crippen LogP contribution < -0.4 is 10.5 Å². The normalized spacial score (nSPS) is 20.0. The minimum atomic E-state index is -0.0316. The number of phenolic OH excluding ortho intramolecular Hbond substituents is 1. The fourth-order valence-corrected chi connectivity index (χ4v) is 4.60. The first-order chi connectivity index (χ1) is 17.0. The summed E-state index contributed by atoms with van der Waals surface area (Å²) >= 11 is 1.77. The predicted molar refractivity (Wildman–Crippen MR) is 139 cm³/mol. The predicted octanol–water partition coefficient (Wildman–Crippen LogP) is 4.30. The van der Waals surface area contributed by atoms with Crippen molar-refractivity contribution in [2.45, 2.75) is 29.6 Å². The van der Waals surface area contributed by atoms with Crippen molar-refractivity contribution in [2.75, 3.05) is 26.6 Å². The summed E-state index contributed by atoms with van der Waals surface area (Å²) in [6, 6.07) is 23.1. The Morgan fingerprint density at radius 3 is 2.43 bits per heavy atom. The number of rotatable bonds is 5. The lowest BCUT2D eigenvalue weighted by Crippen LogP contribution is -2.32. The third-order valence-corrected chi connectivity index (χ3v) is 6.43. The van der Waals surface area contributed by atoms with Crippen LogP contribution in [0.4, 0.5) is 0 Å². The zero-order valence-electron chi connectivity index (χ0n) is 19.9. The molecule has 3 unspecified atom stereocenters. The molecule has 0 radical (unpaired) electrons. The maximum atomic E-state index is 8.91. The second-order valence-electron chi connectivity index (χ2n) is 7.84. The van der Waals surface area contributed by atoms with Gasteiger partial charge in [0.05, 0.1) is 12.7 Å². The van der Waals surface area contributed by atoms with E-state index in [1.165, 1.54) is 28.2 Å². The van der Waals surface area contributed by atoms with Crippen LogP contribution in [0.3, 0.4) is 0 Å². The third kappa shape index (κ3) is 6.99. The second kappa shape index (κ2) is 13.2. The standard InChI is InChI=1S/C19H20O3S.C7H8N2O.CH4O/c1-23-18-5-3-2-4-15(18)13-6-8-14(9-7-13)22-17-12-21-16-10-11-20-19(16)17;8-7(9)5-2-1-3-6(10)4-5;1-2/h2-9,16-17,19H,10-12H2,1H3;1-4,10H,(H3,8,9);2H,1H3. The van der Waals surface area contributed by atoms with Crippen molar-refractivity contribution in [1.29, 1.82) is 5.41 Å². The Morgan fingerprint density at radius 2 is 1.77 bits per heavy atom. The quantitative estimate of drug-likeness (QED) is 0.236. The molecule has 5 rings (SSSR count). The summed E-state index contributed by atoms with van der Waals surface area (Å²) in [4.78, 5) is 1.28. The summed E-state index contributed by atoms with van der Waals surface area (Å²) in [7, 11) is 1.00. The Kier molecular flexibility index (Phi) is 9.98. The van der Waals surface area contributed by atoms with Gasteiger partial charge in [0, 0.05) is 24.2 Å². The first-order valence-corrected chi connectivity index (χ1v) is 12.5. The van der Waals surface area contributed by atoms with Gasteiger partial charge in [0.2, 0.25) is 0 Å². The zero-order chi connectivity index (χ0) is 25.2. The van der Waals surface area contributed by atoms with Gasteiger partial charge in [0.1, 0.15) is 23.4 Å². The van der Waals surface area contributed by atoms with E-state index in [0.29, 0.717) is 12.2 Å². The average molecular weight is 497 g/mol. The van der Waals surface area contributed by atoms with Crippen LogP contribution >= 0.6 is 11.8 Å². The Bertz CT molecular complexity index is 1090. The van der Waals surface area contributed by atoms with Gasteiger partial charge in [-0.25, -0.2) is 0 Å². The maximum Gasteiger partial charge on any atom is 0.150 e. The summed E-state index contributed by atoms with van der Waals surface area (Å²) in [5.74, 6) is 0.976. The highest BCUT2D eigenvalue weighted by Crippen LogP contribution is 2.33. The van der Waals surface area contributed by atoms with Crippen LogP contribution in [0.15, 0.2) is 77.7 Å². The van der Waals surface area contributed by atoms with Gasteiger partial charge in [0.25, 0.3) is 0 Å². The van der Waals surface area contributed by atoms with Gasteiger partial charge in [-0.3, -0.25) is 5.41 Å². The first kappa shape index (κ1) is 26.6. The summed E-state index contributed by atoms with van der Waals surface area (Å²) in [6.45, 7) is 1.39. The van der Waals surface area contributed by atoms with E-state index >= 15 is 0 Å². The van der Waals surface area contributed by atoms with E-state index in [-0.39, 0.29) is 29.9 Å². The van der Waals surface area contributed by atoms with E-state index in [1.807, 2.05) is 12.1 Å². The van der Waals surface area contributed by atoms with E-state index < -0.39 is 0 Å². The number of hydrogen-bond acceptors (Lipinski definition) is 7.